The summed E-state index contributed by atoms with van der Waals surface area (Å²) in [5, 5.41) is 13.2. The van der Waals surface area contributed by atoms with E-state index in [1.54, 1.807) is 37.2 Å². The van der Waals surface area contributed by atoms with E-state index in [1.807, 2.05) is 0 Å². The van der Waals surface area contributed by atoms with E-state index in [9.17, 15) is 0 Å². The molecule has 0 bridgehead atoms. The van der Waals surface area contributed by atoms with Crippen molar-refractivity contribution in [2.45, 2.75) is 0 Å². The van der Waals surface area contributed by atoms with Crippen molar-refractivity contribution in [2.24, 2.45) is 0 Å². The van der Waals surface area contributed by atoms with E-state index in [-0.39, 0.29) is 0 Å². The van der Waals surface area contributed by atoms with Gasteiger partial charge in [0, 0.05) is 23.5 Å². The zero-order valence-corrected chi connectivity index (χ0v) is 8.25. The average molecular weight is 212 g/mol. The highest BCUT2D eigenvalue weighted by atomic mass is 15.1. The third-order valence-corrected chi connectivity index (χ3v) is 2.24. The summed E-state index contributed by atoms with van der Waals surface area (Å²) in [6, 6.07) is 0. The lowest BCUT2D eigenvalue weighted by Crippen LogP contribution is -1.87. The van der Waals surface area contributed by atoms with Crippen LogP contribution in [0.1, 0.15) is 0 Å². The Hall–Kier alpha value is -2.50. The molecule has 78 valence electrons. The molecule has 0 aliphatic carbocycles. The molecule has 0 atom stereocenters. The van der Waals surface area contributed by atoms with E-state index in [0.717, 1.165) is 22.5 Å². The lowest BCUT2D eigenvalue weighted by Gasteiger charge is -1.97. The fourth-order valence-corrected chi connectivity index (χ4v) is 1.41. The summed E-state index contributed by atoms with van der Waals surface area (Å²) < 4.78 is 0. The van der Waals surface area contributed by atoms with Crippen LogP contribution in [0.4, 0.5) is 0 Å². The highest BCUT2D eigenvalue weighted by Gasteiger charge is 2.03. The van der Waals surface area contributed by atoms with Gasteiger partial charge in [0.1, 0.15) is 0 Å². The normalized spacial score (nSPS) is 10.5. The van der Waals surface area contributed by atoms with Crippen molar-refractivity contribution in [3.63, 3.8) is 0 Å². The smallest absolute Gasteiger partial charge is 0.0917 e. The van der Waals surface area contributed by atoms with Gasteiger partial charge >= 0.3 is 0 Å². The molecule has 16 heavy (non-hydrogen) atoms. The van der Waals surface area contributed by atoms with E-state index in [1.165, 1.54) is 0 Å². The Bertz CT molecular complexity index is 499. The predicted octanol–water partition coefficient (Wildman–Crippen LogP) is 1.26. The SMILES string of the molecule is c1n[nH]cc1-c1cnc(-c2cn[nH]c2)cn1. The van der Waals surface area contributed by atoms with E-state index in [0.29, 0.717) is 0 Å². The van der Waals surface area contributed by atoms with Crippen molar-refractivity contribution in [1.29, 1.82) is 0 Å². The quantitative estimate of drug-likeness (QED) is 0.669. The van der Waals surface area contributed by atoms with Gasteiger partial charge in [0.2, 0.25) is 0 Å². The molecule has 3 rings (SSSR count). The van der Waals surface area contributed by atoms with Gasteiger partial charge in [-0.05, 0) is 0 Å². The lowest BCUT2D eigenvalue weighted by molar-refractivity contribution is 1.09. The van der Waals surface area contributed by atoms with Crippen molar-refractivity contribution >= 4 is 0 Å². The van der Waals surface area contributed by atoms with Crippen LogP contribution in [0, 0.1) is 0 Å². The molecule has 3 aromatic rings. The second kappa shape index (κ2) is 3.58. The first-order valence-electron chi connectivity index (χ1n) is 4.74. The minimum absolute atomic E-state index is 0.793. The molecule has 2 N–H and O–H groups in total. The fourth-order valence-electron chi connectivity index (χ4n) is 1.41. The zero-order chi connectivity index (χ0) is 10.8. The van der Waals surface area contributed by atoms with Gasteiger partial charge in [-0.15, -0.1) is 0 Å². The van der Waals surface area contributed by atoms with Gasteiger partial charge in [-0.1, -0.05) is 0 Å². The van der Waals surface area contributed by atoms with Gasteiger partial charge in [-0.2, -0.15) is 10.2 Å². The molecule has 0 aromatic carbocycles. The number of rotatable bonds is 2. The molecule has 0 unspecified atom stereocenters. The maximum absolute atomic E-state index is 4.31. The lowest BCUT2D eigenvalue weighted by atomic mass is 10.2. The van der Waals surface area contributed by atoms with Gasteiger partial charge in [-0.3, -0.25) is 20.2 Å². The number of aromatic nitrogens is 6. The number of hydrogen-bond acceptors (Lipinski definition) is 4. The summed E-state index contributed by atoms with van der Waals surface area (Å²) in [6.45, 7) is 0. The van der Waals surface area contributed by atoms with Crippen molar-refractivity contribution in [3.05, 3.63) is 37.2 Å². The fraction of sp³-hybridized carbons (Fsp3) is 0. The summed E-state index contributed by atoms with van der Waals surface area (Å²) >= 11 is 0. The van der Waals surface area contributed by atoms with E-state index < -0.39 is 0 Å². The Morgan fingerprint density at radius 1 is 0.688 bits per heavy atom. The largest absolute Gasteiger partial charge is 0.285 e. The number of hydrogen-bond donors (Lipinski definition) is 2. The third-order valence-electron chi connectivity index (χ3n) is 2.24. The van der Waals surface area contributed by atoms with Gasteiger partial charge in [-0.25, -0.2) is 0 Å². The molecule has 6 nitrogen and oxygen atoms in total. The second-order valence-electron chi connectivity index (χ2n) is 3.26. The molecule has 0 aliphatic rings. The molecule has 3 heterocycles. The Morgan fingerprint density at radius 3 is 1.50 bits per heavy atom. The van der Waals surface area contributed by atoms with Crippen LogP contribution in [0.2, 0.25) is 0 Å². The Labute approximate surface area is 90.8 Å². The summed E-state index contributed by atoms with van der Waals surface area (Å²) in [7, 11) is 0. The molecular formula is C10H8N6. The summed E-state index contributed by atoms with van der Waals surface area (Å²) in [5.74, 6) is 0. The van der Waals surface area contributed by atoms with E-state index >= 15 is 0 Å². The molecule has 0 spiro atoms. The van der Waals surface area contributed by atoms with Gasteiger partial charge in [0.05, 0.1) is 36.2 Å². The van der Waals surface area contributed by atoms with Crippen molar-refractivity contribution in [1.82, 2.24) is 30.4 Å². The number of H-pyrrole nitrogens is 2. The monoisotopic (exact) mass is 212 g/mol. The first-order valence-corrected chi connectivity index (χ1v) is 4.74. The van der Waals surface area contributed by atoms with E-state index in [2.05, 4.69) is 30.4 Å². The summed E-state index contributed by atoms with van der Waals surface area (Å²) in [6.07, 6.45) is 10.4. The first-order chi connectivity index (χ1) is 7.93. The molecule has 0 saturated heterocycles. The molecule has 0 amide bonds. The Kier molecular flexibility index (Phi) is 1.96. The van der Waals surface area contributed by atoms with Crippen LogP contribution in [0.15, 0.2) is 37.2 Å². The number of aromatic amines is 2. The number of nitrogens with zero attached hydrogens (tertiary/aromatic N) is 4. The van der Waals surface area contributed by atoms with Crippen molar-refractivity contribution < 1.29 is 0 Å². The van der Waals surface area contributed by atoms with Crippen molar-refractivity contribution in [3.8, 4) is 22.5 Å². The zero-order valence-electron chi connectivity index (χ0n) is 8.25. The minimum atomic E-state index is 0.793. The predicted molar refractivity (Wildman–Crippen MR) is 57.2 cm³/mol. The highest BCUT2D eigenvalue weighted by molar-refractivity contribution is 5.60. The maximum Gasteiger partial charge on any atom is 0.0917 e. The summed E-state index contributed by atoms with van der Waals surface area (Å²) in [5.41, 5.74) is 3.43. The van der Waals surface area contributed by atoms with Crippen molar-refractivity contribution in [2.75, 3.05) is 0 Å². The van der Waals surface area contributed by atoms with Crippen LogP contribution in [0.3, 0.4) is 0 Å². The molecular weight excluding hydrogens is 204 g/mol. The van der Waals surface area contributed by atoms with Gasteiger partial charge < -0.3 is 0 Å². The third kappa shape index (κ3) is 1.46. The van der Waals surface area contributed by atoms with Crippen LogP contribution in [0.5, 0.6) is 0 Å². The van der Waals surface area contributed by atoms with Crippen LogP contribution < -0.4 is 0 Å². The highest BCUT2D eigenvalue weighted by Crippen LogP contribution is 2.17. The Morgan fingerprint density at radius 2 is 1.19 bits per heavy atom. The first kappa shape index (κ1) is 8.78. The molecule has 0 fully saturated rings. The maximum atomic E-state index is 4.31. The van der Waals surface area contributed by atoms with Gasteiger partial charge in [0.25, 0.3) is 0 Å². The standard InChI is InChI=1S/C10H8N6/c1-7(2-14-13-1)9-5-12-10(6-11-9)8-3-15-16-4-8/h1-6H,(H,13,14)(H,15,16). The van der Waals surface area contributed by atoms with Crippen LogP contribution in [-0.4, -0.2) is 30.4 Å². The molecule has 0 aliphatic heterocycles. The van der Waals surface area contributed by atoms with Crippen LogP contribution >= 0.6 is 0 Å². The average Bonchev–Trinajstić information content (AvgIpc) is 3.03. The second-order valence-corrected chi connectivity index (χ2v) is 3.26. The topological polar surface area (TPSA) is 83.1 Å². The molecule has 3 aromatic heterocycles. The van der Waals surface area contributed by atoms with Gasteiger partial charge in [0.15, 0.2) is 0 Å². The Balaban J connectivity index is 1.97. The van der Waals surface area contributed by atoms with E-state index in [4.69, 9.17) is 0 Å². The minimum Gasteiger partial charge on any atom is -0.285 e. The summed E-state index contributed by atoms with van der Waals surface area (Å²) in [4.78, 5) is 8.63. The molecule has 0 saturated carbocycles. The van der Waals surface area contributed by atoms with Crippen LogP contribution in [0.25, 0.3) is 22.5 Å². The number of nitrogens with one attached hydrogen (secondary N) is 2. The molecule has 0 radical (unpaired) electrons. The molecule has 6 heteroatoms. The van der Waals surface area contributed by atoms with Crippen LogP contribution in [-0.2, 0) is 0 Å².